The zero-order valence-electron chi connectivity index (χ0n) is 8.80. The maximum absolute atomic E-state index is 13.1. The second-order valence-electron chi connectivity index (χ2n) is 3.89. The van der Waals surface area contributed by atoms with Crippen molar-refractivity contribution in [3.8, 4) is 0 Å². The van der Waals surface area contributed by atoms with Gasteiger partial charge < -0.3 is 5.32 Å². The van der Waals surface area contributed by atoms with E-state index in [4.69, 9.17) is 11.6 Å². The average Bonchev–Trinajstić information content (AvgIpc) is 2.50. The van der Waals surface area contributed by atoms with Crippen LogP contribution < -0.4 is 5.32 Å². The first-order valence-electron chi connectivity index (χ1n) is 4.54. The van der Waals surface area contributed by atoms with Gasteiger partial charge in [-0.05, 0) is 32.2 Å². The second-order valence-corrected chi connectivity index (χ2v) is 5.46. The molecule has 2 nitrogen and oxygen atoms in total. The molecule has 0 bridgehead atoms. The molecule has 1 amide bonds. The maximum atomic E-state index is 13.1. The zero-order chi connectivity index (χ0) is 11.6. The van der Waals surface area contributed by atoms with Gasteiger partial charge in [0.15, 0.2) is 0 Å². The van der Waals surface area contributed by atoms with Crippen LogP contribution in [0, 0.1) is 5.82 Å². The number of amides is 1. The predicted octanol–water partition coefficient (Wildman–Crippen LogP) is 3.02. The molecule has 84 valence electrons. The fourth-order valence-corrected chi connectivity index (χ4v) is 1.62. The van der Waals surface area contributed by atoms with Gasteiger partial charge in [0.1, 0.15) is 10.7 Å². The lowest BCUT2D eigenvalue weighted by molar-refractivity contribution is 0.0913. The van der Waals surface area contributed by atoms with Crippen LogP contribution in [0.25, 0.3) is 0 Å². The number of rotatable bonds is 3. The molecule has 0 aliphatic carbocycles. The van der Waals surface area contributed by atoms with Crippen molar-refractivity contribution in [1.29, 1.82) is 0 Å². The summed E-state index contributed by atoms with van der Waals surface area (Å²) < 4.78 is 13.1. The van der Waals surface area contributed by atoms with Crippen LogP contribution in [0.1, 0.15) is 30.4 Å². The molecule has 1 atom stereocenters. The van der Waals surface area contributed by atoms with Crippen LogP contribution >= 0.6 is 22.9 Å². The van der Waals surface area contributed by atoms with E-state index in [0.717, 1.165) is 11.3 Å². The molecule has 5 heteroatoms. The number of halogens is 2. The van der Waals surface area contributed by atoms with Crippen molar-refractivity contribution in [1.82, 2.24) is 5.32 Å². The van der Waals surface area contributed by atoms with Gasteiger partial charge >= 0.3 is 0 Å². The Labute approximate surface area is 97.4 Å². The molecule has 0 spiro atoms. The number of hydrogen-bond donors (Lipinski definition) is 1. The Morgan fingerprint density at radius 1 is 1.67 bits per heavy atom. The molecule has 0 saturated heterocycles. The molecule has 1 heterocycles. The number of hydrogen-bond acceptors (Lipinski definition) is 2. The fraction of sp³-hybridized carbons (Fsp3) is 0.500. The number of carbonyl (C=O) groups excluding carboxylic acids is 1. The first kappa shape index (κ1) is 12.5. The van der Waals surface area contributed by atoms with Gasteiger partial charge in [-0.15, -0.1) is 22.9 Å². The quantitative estimate of drug-likeness (QED) is 0.820. The lowest BCUT2D eigenvalue weighted by atomic mass is 10.0. The number of nitrogens with one attached hydrogen (secondary N) is 1. The van der Waals surface area contributed by atoms with E-state index >= 15 is 0 Å². The largest absolute Gasteiger partial charge is 0.345 e. The van der Waals surface area contributed by atoms with Crippen LogP contribution in [-0.2, 0) is 0 Å². The molecule has 0 radical (unpaired) electrons. The van der Waals surface area contributed by atoms with Gasteiger partial charge in [0, 0.05) is 0 Å². The van der Waals surface area contributed by atoms with E-state index in [1.165, 1.54) is 6.07 Å². The highest BCUT2D eigenvalue weighted by Gasteiger charge is 2.27. The third-order valence-electron chi connectivity index (χ3n) is 2.25. The molecular formula is C10H13ClFNOS. The third kappa shape index (κ3) is 2.92. The Hall–Kier alpha value is -0.610. The lowest BCUT2D eigenvalue weighted by Gasteiger charge is -2.28. The molecule has 0 aliphatic heterocycles. The minimum Gasteiger partial charge on any atom is -0.345 e. The van der Waals surface area contributed by atoms with E-state index in [9.17, 15) is 9.18 Å². The first-order chi connectivity index (χ1) is 6.84. The number of alkyl halides is 1. The van der Waals surface area contributed by atoms with Crippen molar-refractivity contribution in [2.24, 2.45) is 0 Å². The molecule has 0 aromatic carbocycles. The molecular weight excluding hydrogens is 237 g/mol. The summed E-state index contributed by atoms with van der Waals surface area (Å²) in [5.41, 5.74) is -0.560. The average molecular weight is 250 g/mol. The van der Waals surface area contributed by atoms with Crippen molar-refractivity contribution in [2.75, 3.05) is 0 Å². The zero-order valence-corrected chi connectivity index (χ0v) is 10.4. The molecule has 0 aliphatic rings. The summed E-state index contributed by atoms with van der Waals surface area (Å²) in [6.07, 6.45) is 0. The minimum atomic E-state index is -0.560. The summed E-state index contributed by atoms with van der Waals surface area (Å²) >= 11 is 6.99. The topological polar surface area (TPSA) is 29.1 Å². The first-order valence-corrected chi connectivity index (χ1v) is 5.86. The predicted molar refractivity (Wildman–Crippen MR) is 61.1 cm³/mol. The standard InChI is InChI=1S/C10H13ClFNOS/c1-6(11)10(2,3)13-9(14)8-7(12)4-5-15-8/h4-6H,1-3H3,(H,13,14). The van der Waals surface area contributed by atoms with E-state index in [-0.39, 0.29) is 10.3 Å². The van der Waals surface area contributed by atoms with Crippen LogP contribution in [-0.4, -0.2) is 16.8 Å². The van der Waals surface area contributed by atoms with E-state index in [0.29, 0.717) is 0 Å². The van der Waals surface area contributed by atoms with Crippen LogP contribution in [0.2, 0.25) is 0 Å². The summed E-state index contributed by atoms with van der Waals surface area (Å²) in [6.45, 7) is 5.38. The van der Waals surface area contributed by atoms with Crippen LogP contribution in [0.3, 0.4) is 0 Å². The monoisotopic (exact) mass is 249 g/mol. The van der Waals surface area contributed by atoms with Crippen molar-refractivity contribution in [3.05, 3.63) is 22.1 Å². The SMILES string of the molecule is CC(Cl)C(C)(C)NC(=O)c1sccc1F. The smallest absolute Gasteiger partial charge is 0.264 e. The summed E-state index contributed by atoms with van der Waals surface area (Å²) in [5.74, 6) is -0.907. The summed E-state index contributed by atoms with van der Waals surface area (Å²) in [6, 6.07) is 1.27. The van der Waals surface area contributed by atoms with Gasteiger partial charge in [0.25, 0.3) is 5.91 Å². The summed E-state index contributed by atoms with van der Waals surface area (Å²) in [7, 11) is 0. The van der Waals surface area contributed by atoms with Gasteiger partial charge in [-0.25, -0.2) is 4.39 Å². The Morgan fingerprint density at radius 2 is 2.27 bits per heavy atom. The molecule has 1 rings (SSSR count). The van der Waals surface area contributed by atoms with Crippen molar-refractivity contribution < 1.29 is 9.18 Å². The Morgan fingerprint density at radius 3 is 2.67 bits per heavy atom. The Bertz CT molecular complexity index is 362. The molecule has 0 fully saturated rings. The highest BCUT2D eigenvalue weighted by Crippen LogP contribution is 2.19. The molecule has 1 unspecified atom stereocenters. The number of thiophene rings is 1. The van der Waals surface area contributed by atoms with Crippen LogP contribution in [0.4, 0.5) is 4.39 Å². The Kier molecular flexibility index (Phi) is 3.73. The molecule has 1 aromatic heterocycles. The normalized spacial score (nSPS) is 13.7. The van der Waals surface area contributed by atoms with E-state index in [1.807, 2.05) is 0 Å². The van der Waals surface area contributed by atoms with Crippen molar-refractivity contribution in [3.63, 3.8) is 0 Å². The fourth-order valence-electron chi connectivity index (χ4n) is 0.905. The van der Waals surface area contributed by atoms with Crippen molar-refractivity contribution in [2.45, 2.75) is 31.7 Å². The van der Waals surface area contributed by atoms with Crippen molar-refractivity contribution >= 4 is 28.8 Å². The van der Waals surface area contributed by atoms with E-state index < -0.39 is 17.3 Å². The maximum Gasteiger partial charge on any atom is 0.264 e. The second kappa shape index (κ2) is 4.49. The molecule has 0 saturated carbocycles. The van der Waals surface area contributed by atoms with Gasteiger partial charge in [0.05, 0.1) is 10.9 Å². The number of carbonyl (C=O) groups is 1. The molecule has 1 aromatic rings. The van der Waals surface area contributed by atoms with Crippen LogP contribution in [0.5, 0.6) is 0 Å². The third-order valence-corrected chi connectivity index (χ3v) is 3.69. The van der Waals surface area contributed by atoms with Gasteiger partial charge in [-0.1, -0.05) is 0 Å². The minimum absolute atomic E-state index is 0.0976. The molecule has 15 heavy (non-hydrogen) atoms. The van der Waals surface area contributed by atoms with E-state index in [2.05, 4.69) is 5.32 Å². The lowest BCUT2D eigenvalue weighted by Crippen LogP contribution is -2.49. The highest BCUT2D eigenvalue weighted by molar-refractivity contribution is 7.12. The van der Waals surface area contributed by atoms with Gasteiger partial charge in [-0.3, -0.25) is 4.79 Å². The highest BCUT2D eigenvalue weighted by atomic mass is 35.5. The molecule has 1 N–H and O–H groups in total. The van der Waals surface area contributed by atoms with Crippen LogP contribution in [0.15, 0.2) is 11.4 Å². The van der Waals surface area contributed by atoms with Gasteiger partial charge in [-0.2, -0.15) is 0 Å². The summed E-state index contributed by atoms with van der Waals surface area (Å²) in [5, 5.41) is 4.01. The Balaban J connectivity index is 2.77. The summed E-state index contributed by atoms with van der Waals surface area (Å²) in [4.78, 5) is 11.7. The van der Waals surface area contributed by atoms with Gasteiger partial charge in [0.2, 0.25) is 0 Å². The van der Waals surface area contributed by atoms with E-state index in [1.54, 1.807) is 26.2 Å².